The molecule has 0 bridgehead atoms. The summed E-state index contributed by atoms with van der Waals surface area (Å²) in [6.07, 6.45) is 7.25. The van der Waals surface area contributed by atoms with Crippen molar-refractivity contribution in [3.05, 3.63) is 0 Å². The van der Waals surface area contributed by atoms with Gasteiger partial charge in [0.1, 0.15) is 0 Å². The number of rotatable bonds is 3. The van der Waals surface area contributed by atoms with Gasteiger partial charge in [0.25, 0.3) is 0 Å². The van der Waals surface area contributed by atoms with E-state index in [1.165, 1.54) is 25.7 Å². The summed E-state index contributed by atoms with van der Waals surface area (Å²) in [5.74, 6) is 1.32. The Bertz CT molecular complexity index is 357. The third-order valence-electron chi connectivity index (χ3n) is 6.05. The summed E-state index contributed by atoms with van der Waals surface area (Å²) < 4.78 is 5.95. The first-order valence-electron chi connectivity index (χ1n) is 8.50. The van der Waals surface area contributed by atoms with E-state index in [2.05, 4.69) is 26.1 Å². The van der Waals surface area contributed by atoms with Crippen LogP contribution in [0.1, 0.15) is 59.3 Å². The van der Waals surface area contributed by atoms with E-state index in [1.807, 2.05) is 0 Å². The Balaban J connectivity index is 1.58. The van der Waals surface area contributed by atoms with Gasteiger partial charge in [-0.1, -0.05) is 33.6 Å². The van der Waals surface area contributed by atoms with Crippen molar-refractivity contribution in [3.8, 4) is 0 Å². The second-order valence-corrected chi connectivity index (χ2v) is 8.20. The van der Waals surface area contributed by atoms with E-state index in [-0.39, 0.29) is 5.41 Å². The molecule has 2 aliphatic carbocycles. The Hall–Kier alpha value is -0.120. The first-order chi connectivity index (χ1) is 9.42. The maximum Gasteiger partial charge on any atom is 0.0774 e. The summed E-state index contributed by atoms with van der Waals surface area (Å²) in [4.78, 5) is 0. The van der Waals surface area contributed by atoms with E-state index in [1.54, 1.807) is 0 Å². The zero-order valence-electron chi connectivity index (χ0n) is 13.3. The zero-order chi connectivity index (χ0) is 14.4. The maximum absolute atomic E-state index is 10.8. The van der Waals surface area contributed by atoms with Crippen molar-refractivity contribution in [2.45, 2.75) is 77.0 Å². The standard InChI is InChI=1S/C17H31NO2/c1-12-6-4-8-17(19,10-12)11-18-14-13-7-5-9-20-15(13)16(14,2)3/h12-15,18-19H,4-11H2,1-3H3. The summed E-state index contributed by atoms with van der Waals surface area (Å²) in [5.41, 5.74) is -0.268. The third kappa shape index (κ3) is 2.53. The first kappa shape index (κ1) is 14.8. The highest BCUT2D eigenvalue weighted by Crippen LogP contribution is 2.51. The van der Waals surface area contributed by atoms with Gasteiger partial charge in [-0.3, -0.25) is 0 Å². The Morgan fingerprint density at radius 2 is 2.05 bits per heavy atom. The molecule has 1 heterocycles. The number of aliphatic hydroxyl groups is 1. The van der Waals surface area contributed by atoms with Crippen LogP contribution < -0.4 is 5.32 Å². The zero-order valence-corrected chi connectivity index (χ0v) is 13.3. The van der Waals surface area contributed by atoms with Crippen LogP contribution >= 0.6 is 0 Å². The molecule has 3 aliphatic rings. The Morgan fingerprint density at radius 1 is 1.25 bits per heavy atom. The molecule has 5 unspecified atom stereocenters. The molecule has 5 atom stereocenters. The van der Waals surface area contributed by atoms with E-state index in [0.29, 0.717) is 24.0 Å². The van der Waals surface area contributed by atoms with E-state index in [4.69, 9.17) is 4.74 Å². The SMILES string of the molecule is CC1CCCC(O)(CNC2C3CCCOC3C2(C)C)C1. The van der Waals surface area contributed by atoms with Crippen LogP contribution in [0.25, 0.3) is 0 Å². The molecule has 0 amide bonds. The maximum atomic E-state index is 10.8. The van der Waals surface area contributed by atoms with Gasteiger partial charge in [0.2, 0.25) is 0 Å². The highest BCUT2D eigenvalue weighted by atomic mass is 16.5. The molecular weight excluding hydrogens is 250 g/mol. The van der Waals surface area contributed by atoms with Crippen LogP contribution in [0.5, 0.6) is 0 Å². The number of ether oxygens (including phenoxy) is 1. The van der Waals surface area contributed by atoms with E-state index >= 15 is 0 Å². The van der Waals surface area contributed by atoms with Crippen molar-refractivity contribution in [2.75, 3.05) is 13.2 Å². The molecule has 0 radical (unpaired) electrons. The second-order valence-electron chi connectivity index (χ2n) is 8.20. The van der Waals surface area contributed by atoms with Gasteiger partial charge in [0.15, 0.2) is 0 Å². The fraction of sp³-hybridized carbons (Fsp3) is 1.00. The molecular formula is C17H31NO2. The Kier molecular flexibility index (Phi) is 3.89. The highest BCUT2D eigenvalue weighted by molar-refractivity contribution is 5.10. The number of hydrogen-bond acceptors (Lipinski definition) is 3. The predicted molar refractivity (Wildman–Crippen MR) is 80.6 cm³/mol. The van der Waals surface area contributed by atoms with Crippen LogP contribution in [0.3, 0.4) is 0 Å². The van der Waals surface area contributed by atoms with Gasteiger partial charge in [-0.05, 0) is 31.6 Å². The van der Waals surface area contributed by atoms with E-state index in [9.17, 15) is 5.11 Å². The smallest absolute Gasteiger partial charge is 0.0774 e. The predicted octanol–water partition coefficient (Wildman–Crippen LogP) is 2.72. The Labute approximate surface area is 123 Å². The molecule has 1 saturated heterocycles. The lowest BCUT2D eigenvalue weighted by Gasteiger charge is -2.60. The second kappa shape index (κ2) is 5.26. The molecule has 1 aliphatic heterocycles. The lowest BCUT2D eigenvalue weighted by atomic mass is 9.55. The molecule has 0 aromatic rings. The van der Waals surface area contributed by atoms with Gasteiger partial charge in [0.05, 0.1) is 11.7 Å². The summed E-state index contributed by atoms with van der Waals surface area (Å²) in [6, 6.07) is 0.508. The highest BCUT2D eigenvalue weighted by Gasteiger charge is 2.57. The van der Waals surface area contributed by atoms with Crippen LogP contribution in [-0.4, -0.2) is 36.0 Å². The monoisotopic (exact) mass is 281 g/mol. The lowest BCUT2D eigenvalue weighted by Crippen LogP contribution is -2.70. The van der Waals surface area contributed by atoms with Crippen LogP contribution in [0.15, 0.2) is 0 Å². The van der Waals surface area contributed by atoms with Crippen molar-refractivity contribution in [2.24, 2.45) is 17.3 Å². The molecule has 3 heteroatoms. The summed E-state index contributed by atoms with van der Waals surface area (Å²) in [5, 5.41) is 14.5. The van der Waals surface area contributed by atoms with Gasteiger partial charge >= 0.3 is 0 Å². The van der Waals surface area contributed by atoms with Crippen molar-refractivity contribution in [1.82, 2.24) is 5.32 Å². The van der Waals surface area contributed by atoms with Crippen LogP contribution in [0.2, 0.25) is 0 Å². The number of nitrogens with one attached hydrogen (secondary N) is 1. The topological polar surface area (TPSA) is 41.5 Å². The number of hydrogen-bond donors (Lipinski definition) is 2. The van der Waals surface area contributed by atoms with Crippen molar-refractivity contribution in [1.29, 1.82) is 0 Å². The summed E-state index contributed by atoms with van der Waals surface area (Å²) in [6.45, 7) is 8.57. The average Bonchev–Trinajstić information content (AvgIpc) is 2.38. The molecule has 20 heavy (non-hydrogen) atoms. The normalized spacial score (nSPS) is 47.4. The first-order valence-corrected chi connectivity index (χ1v) is 8.50. The number of fused-ring (bicyclic) bond motifs is 1. The van der Waals surface area contributed by atoms with Gasteiger partial charge in [-0.2, -0.15) is 0 Å². The Morgan fingerprint density at radius 3 is 2.80 bits per heavy atom. The summed E-state index contributed by atoms with van der Waals surface area (Å²) in [7, 11) is 0. The minimum atomic E-state index is -0.478. The van der Waals surface area contributed by atoms with Crippen LogP contribution in [-0.2, 0) is 4.74 Å². The van der Waals surface area contributed by atoms with E-state index in [0.717, 1.165) is 26.0 Å². The van der Waals surface area contributed by atoms with Crippen LogP contribution in [0.4, 0.5) is 0 Å². The molecule has 116 valence electrons. The third-order valence-corrected chi connectivity index (χ3v) is 6.05. The van der Waals surface area contributed by atoms with Crippen LogP contribution in [0, 0.1) is 17.3 Å². The minimum Gasteiger partial charge on any atom is -0.389 e. The van der Waals surface area contributed by atoms with Gasteiger partial charge in [-0.15, -0.1) is 0 Å². The lowest BCUT2D eigenvalue weighted by molar-refractivity contribution is -0.195. The molecule has 0 aromatic carbocycles. The largest absolute Gasteiger partial charge is 0.389 e. The fourth-order valence-electron chi connectivity index (χ4n) is 5.03. The molecule has 0 spiro atoms. The van der Waals surface area contributed by atoms with Gasteiger partial charge in [-0.25, -0.2) is 0 Å². The molecule has 3 nitrogen and oxygen atoms in total. The van der Waals surface area contributed by atoms with E-state index < -0.39 is 5.60 Å². The van der Waals surface area contributed by atoms with Gasteiger partial charge in [0, 0.05) is 30.5 Å². The average molecular weight is 281 g/mol. The molecule has 3 fully saturated rings. The van der Waals surface area contributed by atoms with Crippen molar-refractivity contribution in [3.63, 3.8) is 0 Å². The fourth-order valence-corrected chi connectivity index (χ4v) is 5.03. The molecule has 3 rings (SSSR count). The molecule has 2 N–H and O–H groups in total. The molecule has 0 aromatic heterocycles. The quantitative estimate of drug-likeness (QED) is 0.836. The van der Waals surface area contributed by atoms with Crippen molar-refractivity contribution >= 4 is 0 Å². The summed E-state index contributed by atoms with van der Waals surface area (Å²) >= 11 is 0. The van der Waals surface area contributed by atoms with Crippen molar-refractivity contribution < 1.29 is 9.84 Å². The molecule has 2 saturated carbocycles. The van der Waals surface area contributed by atoms with Gasteiger partial charge < -0.3 is 15.2 Å². The minimum absolute atomic E-state index is 0.210.